The molecule has 1 saturated carbocycles. The van der Waals surface area contributed by atoms with E-state index in [1.807, 2.05) is 6.08 Å². The average Bonchev–Trinajstić information content (AvgIpc) is 3.45. The number of benzene rings is 3. The summed E-state index contributed by atoms with van der Waals surface area (Å²) in [7, 11) is 0. The first-order valence-electron chi connectivity index (χ1n) is 14.6. The van der Waals surface area contributed by atoms with Gasteiger partial charge in [-0.2, -0.15) is 0 Å². The highest BCUT2D eigenvalue weighted by molar-refractivity contribution is 6.30. The number of carbonyl (C=O) groups excluding carboxylic acids is 4. The Kier molecular flexibility index (Phi) is 6.66. The van der Waals surface area contributed by atoms with Crippen molar-refractivity contribution >= 4 is 58.8 Å². The van der Waals surface area contributed by atoms with E-state index in [0.717, 1.165) is 16.7 Å². The van der Waals surface area contributed by atoms with Crippen molar-refractivity contribution in [2.45, 2.75) is 18.8 Å². The number of fused-ring (bicyclic) bond motifs is 4. The van der Waals surface area contributed by atoms with Crippen molar-refractivity contribution in [3.8, 4) is 5.75 Å². The molecule has 3 aromatic rings. The van der Waals surface area contributed by atoms with Crippen LogP contribution in [0.3, 0.4) is 0 Å². The van der Waals surface area contributed by atoms with E-state index < -0.39 is 35.5 Å². The summed E-state index contributed by atoms with van der Waals surface area (Å²) in [5.74, 6) is -5.38. The van der Waals surface area contributed by atoms with Crippen molar-refractivity contribution in [1.29, 1.82) is 0 Å². The first-order valence-corrected chi connectivity index (χ1v) is 15.0. The number of aromatic hydroxyl groups is 1. The summed E-state index contributed by atoms with van der Waals surface area (Å²) in [5, 5.41) is 11.4. The van der Waals surface area contributed by atoms with E-state index in [1.165, 1.54) is 15.9 Å². The molecule has 2 heterocycles. The van der Waals surface area contributed by atoms with Crippen LogP contribution >= 0.6 is 11.6 Å². The number of phenolic OH excluding ortho intramolecular Hbond substituents is 1. The molecule has 0 spiro atoms. The predicted molar refractivity (Wildman–Crippen MR) is 169 cm³/mol. The maximum atomic E-state index is 14.2. The second kappa shape index (κ2) is 10.5. The molecule has 3 aromatic carbocycles. The lowest BCUT2D eigenvalue weighted by Crippen LogP contribution is -2.43. The largest absolute Gasteiger partial charge is 0.508 e. The Balaban J connectivity index is 1.33. The summed E-state index contributed by atoms with van der Waals surface area (Å²) >= 11 is 6.40. The lowest BCUT2D eigenvalue weighted by molar-refractivity contribution is -0.126. The average molecular weight is 605 g/mol. The van der Waals surface area contributed by atoms with Gasteiger partial charge in [0.1, 0.15) is 5.75 Å². The number of carbonyl (C=O) groups is 4. The number of phenols is 1. The zero-order valence-corrected chi connectivity index (χ0v) is 24.5. The van der Waals surface area contributed by atoms with Gasteiger partial charge >= 0.3 is 0 Å². The van der Waals surface area contributed by atoms with Crippen LogP contribution < -0.4 is 9.80 Å². The van der Waals surface area contributed by atoms with E-state index in [9.17, 15) is 24.3 Å². The minimum atomic E-state index is -0.806. The lowest BCUT2D eigenvalue weighted by Gasteiger charge is -2.44. The van der Waals surface area contributed by atoms with Crippen LogP contribution in [-0.2, 0) is 19.2 Å². The highest BCUT2D eigenvalue weighted by Crippen LogP contribution is 2.59. The maximum Gasteiger partial charge on any atom is 0.238 e. The van der Waals surface area contributed by atoms with Gasteiger partial charge in [-0.05, 0) is 72.4 Å². The molecular formula is C36H29ClN2O5. The number of imide groups is 2. The van der Waals surface area contributed by atoms with Gasteiger partial charge in [-0.1, -0.05) is 72.8 Å². The van der Waals surface area contributed by atoms with Crippen molar-refractivity contribution in [2.75, 3.05) is 9.80 Å². The van der Waals surface area contributed by atoms with Crippen molar-refractivity contribution in [3.63, 3.8) is 0 Å². The molecule has 220 valence electrons. The molecular weight excluding hydrogens is 576 g/mol. The van der Waals surface area contributed by atoms with E-state index in [4.69, 9.17) is 11.6 Å². The van der Waals surface area contributed by atoms with Gasteiger partial charge in [0.25, 0.3) is 0 Å². The van der Waals surface area contributed by atoms with Gasteiger partial charge < -0.3 is 5.11 Å². The smallest absolute Gasteiger partial charge is 0.238 e. The van der Waals surface area contributed by atoms with Gasteiger partial charge in [0, 0.05) is 16.5 Å². The topological polar surface area (TPSA) is 95.0 Å². The molecule has 2 aliphatic carbocycles. The molecule has 0 bridgehead atoms. The number of hydrogen-bond acceptors (Lipinski definition) is 5. The first kappa shape index (κ1) is 28.0. The summed E-state index contributed by atoms with van der Waals surface area (Å²) in [6.45, 7) is 7.54. The van der Waals surface area contributed by atoms with E-state index in [2.05, 4.69) is 13.2 Å². The molecule has 7 nitrogen and oxygen atoms in total. The van der Waals surface area contributed by atoms with Gasteiger partial charge in [0.15, 0.2) is 0 Å². The van der Waals surface area contributed by atoms with E-state index >= 15 is 0 Å². The molecule has 4 aliphatic rings. The number of halogens is 1. The molecule has 2 aliphatic heterocycles. The second-order valence-electron chi connectivity index (χ2n) is 11.8. The normalized spacial score (nSPS) is 27.5. The van der Waals surface area contributed by atoms with Crippen LogP contribution in [0, 0.1) is 29.6 Å². The van der Waals surface area contributed by atoms with E-state index in [-0.39, 0.29) is 35.8 Å². The molecule has 4 amide bonds. The number of nitrogens with zero attached hydrogens (tertiary/aromatic N) is 2. The zero-order chi connectivity index (χ0) is 30.9. The maximum absolute atomic E-state index is 14.2. The monoisotopic (exact) mass is 604 g/mol. The molecule has 2 saturated heterocycles. The van der Waals surface area contributed by atoms with Crippen molar-refractivity contribution in [2.24, 2.45) is 29.6 Å². The van der Waals surface area contributed by atoms with Gasteiger partial charge in [-0.25, -0.2) is 0 Å². The van der Waals surface area contributed by atoms with Crippen molar-refractivity contribution < 1.29 is 24.3 Å². The van der Waals surface area contributed by atoms with Gasteiger partial charge in [0.05, 0.1) is 35.0 Å². The number of hydrogen-bond donors (Lipinski definition) is 1. The van der Waals surface area contributed by atoms with E-state index in [0.29, 0.717) is 28.4 Å². The number of allylic oxidation sites excluding steroid dienone is 2. The van der Waals surface area contributed by atoms with Gasteiger partial charge in [0.2, 0.25) is 23.6 Å². The fourth-order valence-electron chi connectivity index (χ4n) is 7.74. The molecule has 0 unspecified atom stereocenters. The fourth-order valence-corrected chi connectivity index (χ4v) is 7.92. The molecule has 44 heavy (non-hydrogen) atoms. The number of amides is 4. The van der Waals surface area contributed by atoms with E-state index in [1.54, 1.807) is 72.8 Å². The molecule has 0 aromatic heterocycles. The van der Waals surface area contributed by atoms with Crippen LogP contribution in [0.5, 0.6) is 5.75 Å². The predicted octanol–water partition coefficient (Wildman–Crippen LogP) is 6.38. The molecule has 0 radical (unpaired) electrons. The van der Waals surface area contributed by atoms with Gasteiger partial charge in [-0.15, -0.1) is 0 Å². The molecule has 1 N–H and O–H groups in total. The quantitative estimate of drug-likeness (QED) is 0.269. The lowest BCUT2D eigenvalue weighted by atomic mass is 9.57. The third-order valence-electron chi connectivity index (χ3n) is 9.75. The van der Waals surface area contributed by atoms with Crippen LogP contribution in [-0.4, -0.2) is 28.7 Å². The Morgan fingerprint density at radius 3 is 1.82 bits per heavy atom. The standard InChI is InChI=1S/C36H29ClN2O5/c1-3-19-5-10-22(11-6-19)38-33(41)25-15-14-24-26(31(25)35(38)43)18-28-32(30(24)27-17-21(37)9-16-29(27)40)36(44)39(34(28)42)23-12-7-20(4-2)8-13-23/h3-14,16-17,25-26,28,30-32,40H,1-2,15,18H2/t25-,26+,28+,30+,31-,32+/m0/s1. The summed E-state index contributed by atoms with van der Waals surface area (Å²) in [4.78, 5) is 58.6. The third kappa shape index (κ3) is 4.10. The van der Waals surface area contributed by atoms with Crippen LogP contribution in [0.4, 0.5) is 11.4 Å². The molecule has 3 fully saturated rings. The SMILES string of the molecule is C=Cc1ccc(N2C(=O)[C@H]3[C@H](CC=C4[C@H]3C[C@H]3C(=O)N(c5ccc(C=C)cc5)C(=O)[C@H]3[C@H]4c3cc(Cl)ccc3O)C2=O)cc1. The summed E-state index contributed by atoms with van der Waals surface area (Å²) < 4.78 is 0. The highest BCUT2D eigenvalue weighted by Gasteiger charge is 2.62. The summed E-state index contributed by atoms with van der Waals surface area (Å²) in [6.07, 6.45) is 5.87. The van der Waals surface area contributed by atoms with Crippen LogP contribution in [0.1, 0.15) is 35.4 Å². The molecule has 8 heteroatoms. The minimum absolute atomic E-state index is 0.0476. The van der Waals surface area contributed by atoms with Gasteiger partial charge in [-0.3, -0.25) is 29.0 Å². The summed E-state index contributed by atoms with van der Waals surface area (Å²) in [5.41, 5.74) is 3.87. The zero-order valence-electron chi connectivity index (χ0n) is 23.7. The van der Waals surface area contributed by atoms with Crippen molar-refractivity contribution in [1.82, 2.24) is 0 Å². The number of rotatable bonds is 5. The molecule has 6 atom stereocenters. The minimum Gasteiger partial charge on any atom is -0.508 e. The van der Waals surface area contributed by atoms with Crippen molar-refractivity contribution in [3.05, 3.63) is 113 Å². The Morgan fingerprint density at radius 2 is 1.25 bits per heavy atom. The Labute approximate surface area is 259 Å². The highest BCUT2D eigenvalue weighted by atomic mass is 35.5. The Bertz CT molecular complexity index is 1790. The number of anilines is 2. The first-order chi connectivity index (χ1) is 21.2. The second-order valence-corrected chi connectivity index (χ2v) is 12.3. The Hall–Kier alpha value is -4.75. The third-order valence-corrected chi connectivity index (χ3v) is 9.98. The van der Waals surface area contributed by atoms with Crippen LogP contribution in [0.2, 0.25) is 5.02 Å². The van der Waals surface area contributed by atoms with Crippen LogP contribution in [0.25, 0.3) is 12.2 Å². The fraction of sp³-hybridized carbons (Fsp3) is 0.222. The summed E-state index contributed by atoms with van der Waals surface area (Å²) in [6, 6.07) is 18.7. The Morgan fingerprint density at radius 1 is 0.705 bits per heavy atom. The van der Waals surface area contributed by atoms with Crippen LogP contribution in [0.15, 0.2) is 91.5 Å². The molecule has 7 rings (SSSR count).